The Morgan fingerprint density at radius 3 is 2.38 bits per heavy atom. The van der Waals surface area contributed by atoms with E-state index in [1.807, 2.05) is 30.3 Å². The summed E-state index contributed by atoms with van der Waals surface area (Å²) in [5.74, 6) is 0.525. The fraction of sp³-hybridized carbons (Fsp3) is 0.435. The van der Waals surface area contributed by atoms with Crippen LogP contribution in [0.15, 0.2) is 42.5 Å². The highest BCUT2D eigenvalue weighted by Gasteiger charge is 2.28. The van der Waals surface area contributed by atoms with Gasteiger partial charge >= 0.3 is 5.97 Å². The van der Waals surface area contributed by atoms with E-state index in [1.54, 1.807) is 26.4 Å². The molecule has 2 aromatic rings. The monoisotopic (exact) mass is 399 g/mol. The smallest absolute Gasteiger partial charge is 0.335 e. The second kappa shape index (κ2) is 9.76. The van der Waals surface area contributed by atoms with Crippen LogP contribution in [0, 0.1) is 5.92 Å². The number of nitrogens with zero attached hydrogens (tertiary/aromatic N) is 1. The van der Waals surface area contributed by atoms with Crippen molar-refractivity contribution in [2.75, 3.05) is 33.9 Å². The van der Waals surface area contributed by atoms with Crippen LogP contribution in [0.2, 0.25) is 0 Å². The molecule has 1 atom stereocenters. The Bertz CT molecular complexity index is 813. The molecule has 1 heterocycles. The van der Waals surface area contributed by atoms with Crippen LogP contribution in [0.5, 0.6) is 11.5 Å². The Kier molecular flexibility index (Phi) is 7.12. The molecule has 1 saturated heterocycles. The number of rotatable bonds is 8. The van der Waals surface area contributed by atoms with Gasteiger partial charge in [-0.1, -0.05) is 24.3 Å². The highest BCUT2D eigenvalue weighted by atomic mass is 16.5. The highest BCUT2D eigenvalue weighted by molar-refractivity contribution is 5.87. The van der Waals surface area contributed by atoms with Gasteiger partial charge in [0.2, 0.25) is 0 Å². The van der Waals surface area contributed by atoms with Crippen molar-refractivity contribution >= 4 is 5.97 Å². The molecule has 1 fully saturated rings. The fourth-order valence-electron chi connectivity index (χ4n) is 3.99. The maximum Gasteiger partial charge on any atom is 0.335 e. The third-order valence-electron chi connectivity index (χ3n) is 5.75. The number of ether oxygens (including phenoxy) is 2. The minimum Gasteiger partial charge on any atom is -0.493 e. The van der Waals surface area contributed by atoms with Gasteiger partial charge in [-0.3, -0.25) is 0 Å². The summed E-state index contributed by atoms with van der Waals surface area (Å²) in [5.41, 5.74) is 2.23. The summed E-state index contributed by atoms with van der Waals surface area (Å²) in [7, 11) is 3.20. The van der Waals surface area contributed by atoms with Crippen LogP contribution in [-0.2, 0) is 6.42 Å². The van der Waals surface area contributed by atoms with E-state index in [-0.39, 0.29) is 5.92 Å². The molecule has 29 heavy (non-hydrogen) atoms. The number of carboxylic acid groups (broad SMARTS) is 1. The van der Waals surface area contributed by atoms with Gasteiger partial charge < -0.3 is 24.6 Å². The lowest BCUT2D eigenvalue weighted by atomic mass is 9.87. The number of piperidine rings is 1. The Hall–Kier alpha value is -2.57. The lowest BCUT2D eigenvalue weighted by molar-refractivity contribution is 0.0572. The molecule has 1 aliphatic heterocycles. The zero-order chi connectivity index (χ0) is 20.8. The standard InChI is InChI=1S/C23H29NO5/c1-28-20-5-3-4-19(22(20)29-2)21(25)17-11-14-24(15-12-17)13-10-16-6-8-18(9-7-16)23(26)27/h3-9,17,21,25H,10-15H2,1-2H3,(H,26,27)/t21-/m1/s1. The average molecular weight is 399 g/mol. The number of hydrogen-bond acceptors (Lipinski definition) is 5. The number of aliphatic hydroxyl groups is 1. The number of likely N-dealkylation sites (tertiary alicyclic amines) is 1. The molecule has 2 aromatic carbocycles. The second-order valence-corrected chi connectivity index (χ2v) is 7.46. The predicted molar refractivity (Wildman–Crippen MR) is 111 cm³/mol. The summed E-state index contributed by atoms with van der Waals surface area (Å²) in [5, 5.41) is 19.9. The topological polar surface area (TPSA) is 79.2 Å². The van der Waals surface area contributed by atoms with Crippen LogP contribution in [-0.4, -0.2) is 54.9 Å². The van der Waals surface area contributed by atoms with Gasteiger partial charge in [0.1, 0.15) is 0 Å². The van der Waals surface area contributed by atoms with Gasteiger partial charge in [-0.05, 0) is 62.0 Å². The minimum atomic E-state index is -0.898. The summed E-state index contributed by atoms with van der Waals surface area (Å²) in [6.45, 7) is 2.79. The number of carbonyl (C=O) groups is 1. The van der Waals surface area contributed by atoms with Crippen molar-refractivity contribution in [3.8, 4) is 11.5 Å². The van der Waals surface area contributed by atoms with Crippen molar-refractivity contribution < 1.29 is 24.5 Å². The SMILES string of the molecule is COc1cccc([C@H](O)C2CCN(CCc3ccc(C(=O)O)cc3)CC2)c1OC. The summed E-state index contributed by atoms with van der Waals surface area (Å²) >= 11 is 0. The number of hydrogen-bond donors (Lipinski definition) is 2. The van der Waals surface area contributed by atoms with E-state index in [1.165, 1.54) is 0 Å². The molecule has 1 aliphatic rings. The predicted octanol–water partition coefficient (Wildman–Crippen LogP) is 3.39. The van der Waals surface area contributed by atoms with Crippen LogP contribution < -0.4 is 9.47 Å². The zero-order valence-corrected chi connectivity index (χ0v) is 17.0. The van der Waals surface area contributed by atoms with Crippen LogP contribution >= 0.6 is 0 Å². The minimum absolute atomic E-state index is 0.183. The van der Waals surface area contributed by atoms with Gasteiger partial charge in [-0.2, -0.15) is 0 Å². The van der Waals surface area contributed by atoms with Crippen molar-refractivity contribution in [3.05, 3.63) is 59.2 Å². The molecule has 156 valence electrons. The summed E-state index contributed by atoms with van der Waals surface area (Å²) in [4.78, 5) is 13.3. The molecule has 0 bridgehead atoms. The molecular weight excluding hydrogens is 370 g/mol. The maximum absolute atomic E-state index is 10.9. The van der Waals surface area contributed by atoms with Crippen LogP contribution in [0.3, 0.4) is 0 Å². The zero-order valence-electron chi connectivity index (χ0n) is 17.0. The Morgan fingerprint density at radius 1 is 1.10 bits per heavy atom. The number of para-hydroxylation sites is 1. The second-order valence-electron chi connectivity index (χ2n) is 7.46. The molecule has 0 aliphatic carbocycles. The number of aliphatic hydroxyl groups excluding tert-OH is 1. The summed E-state index contributed by atoms with van der Waals surface area (Å²) < 4.78 is 10.8. The third kappa shape index (κ3) is 5.08. The van der Waals surface area contributed by atoms with Crippen molar-refractivity contribution in [1.29, 1.82) is 0 Å². The molecule has 6 heteroatoms. The molecule has 0 radical (unpaired) electrons. The van der Waals surface area contributed by atoms with Gasteiger partial charge in [-0.25, -0.2) is 4.79 Å². The molecule has 3 rings (SSSR count). The molecule has 0 saturated carbocycles. The van der Waals surface area contributed by atoms with Gasteiger partial charge in [0.05, 0.1) is 25.9 Å². The number of aromatic carboxylic acids is 1. The van der Waals surface area contributed by atoms with Crippen LogP contribution in [0.4, 0.5) is 0 Å². The van der Waals surface area contributed by atoms with Gasteiger partial charge in [0.25, 0.3) is 0 Å². The largest absolute Gasteiger partial charge is 0.493 e. The first-order valence-corrected chi connectivity index (χ1v) is 9.97. The molecule has 0 unspecified atom stereocenters. The first-order chi connectivity index (χ1) is 14.0. The van der Waals surface area contributed by atoms with E-state index >= 15 is 0 Å². The highest BCUT2D eigenvalue weighted by Crippen LogP contribution is 2.39. The summed E-state index contributed by atoms with van der Waals surface area (Å²) in [6, 6.07) is 12.7. The van der Waals surface area contributed by atoms with Gasteiger partial charge in [0.15, 0.2) is 11.5 Å². The number of methoxy groups -OCH3 is 2. The molecule has 0 aromatic heterocycles. The van der Waals surface area contributed by atoms with Crippen molar-refractivity contribution in [2.45, 2.75) is 25.4 Å². The Labute approximate surface area is 171 Å². The molecule has 2 N–H and O–H groups in total. The Morgan fingerprint density at radius 2 is 1.79 bits per heavy atom. The molecule has 6 nitrogen and oxygen atoms in total. The average Bonchev–Trinajstić information content (AvgIpc) is 2.77. The van der Waals surface area contributed by atoms with Crippen LogP contribution in [0.25, 0.3) is 0 Å². The third-order valence-corrected chi connectivity index (χ3v) is 5.75. The van der Waals surface area contributed by atoms with Crippen LogP contribution in [0.1, 0.15) is 40.4 Å². The molecular formula is C23H29NO5. The van der Waals surface area contributed by atoms with Gasteiger partial charge in [-0.15, -0.1) is 0 Å². The number of benzene rings is 2. The normalized spacial score (nSPS) is 16.4. The van der Waals surface area contributed by atoms with E-state index in [2.05, 4.69) is 4.90 Å². The quantitative estimate of drug-likeness (QED) is 0.708. The van der Waals surface area contributed by atoms with E-state index in [0.717, 1.165) is 50.0 Å². The number of carboxylic acids is 1. The van der Waals surface area contributed by atoms with Crippen molar-refractivity contribution in [2.24, 2.45) is 5.92 Å². The lowest BCUT2D eigenvalue weighted by Gasteiger charge is -2.34. The lowest BCUT2D eigenvalue weighted by Crippen LogP contribution is -2.36. The first-order valence-electron chi connectivity index (χ1n) is 9.97. The van der Waals surface area contributed by atoms with E-state index in [0.29, 0.717) is 17.1 Å². The molecule has 0 spiro atoms. The summed E-state index contributed by atoms with van der Waals surface area (Å²) in [6.07, 6.45) is 2.14. The first kappa shape index (κ1) is 21.1. The van der Waals surface area contributed by atoms with E-state index in [9.17, 15) is 9.90 Å². The van der Waals surface area contributed by atoms with Crippen molar-refractivity contribution in [3.63, 3.8) is 0 Å². The van der Waals surface area contributed by atoms with Gasteiger partial charge in [0, 0.05) is 12.1 Å². The maximum atomic E-state index is 10.9. The van der Waals surface area contributed by atoms with Crippen molar-refractivity contribution in [1.82, 2.24) is 4.90 Å². The molecule has 0 amide bonds. The fourth-order valence-corrected chi connectivity index (χ4v) is 3.99. The van der Waals surface area contributed by atoms with E-state index in [4.69, 9.17) is 14.6 Å². The Balaban J connectivity index is 1.53. The van der Waals surface area contributed by atoms with E-state index < -0.39 is 12.1 Å².